The predicted octanol–water partition coefficient (Wildman–Crippen LogP) is 2.20. The van der Waals surface area contributed by atoms with E-state index >= 15 is 0 Å². The normalized spacial score (nSPS) is 27.9. The van der Waals surface area contributed by atoms with Crippen molar-refractivity contribution in [3.05, 3.63) is 30.1 Å². The van der Waals surface area contributed by atoms with Crippen LogP contribution >= 0.6 is 0 Å². The van der Waals surface area contributed by atoms with E-state index < -0.39 is 0 Å². The highest BCUT2D eigenvalue weighted by Crippen LogP contribution is 2.29. The maximum Gasteiger partial charge on any atom is 0.0474 e. The molecular weight excluding hydrogens is 210 g/mol. The first kappa shape index (κ1) is 12.5. The summed E-state index contributed by atoms with van der Waals surface area (Å²) in [5.41, 5.74) is 7.27. The summed E-state index contributed by atoms with van der Waals surface area (Å²) in [5.74, 6) is 0.845. The number of nitrogens with two attached hydrogens (primary N) is 1. The van der Waals surface area contributed by atoms with Gasteiger partial charge >= 0.3 is 0 Å². The minimum Gasteiger partial charge on any atom is -0.329 e. The molecule has 1 saturated heterocycles. The largest absolute Gasteiger partial charge is 0.329 e. The van der Waals surface area contributed by atoms with Gasteiger partial charge in [-0.1, -0.05) is 6.92 Å². The van der Waals surface area contributed by atoms with Crippen molar-refractivity contribution < 1.29 is 0 Å². The average Bonchev–Trinajstić information content (AvgIpc) is 2.34. The molecule has 2 N–H and O–H groups in total. The molecule has 0 saturated carbocycles. The molecule has 3 unspecified atom stereocenters. The van der Waals surface area contributed by atoms with E-state index in [0.29, 0.717) is 18.6 Å². The lowest BCUT2D eigenvalue weighted by Gasteiger charge is -2.41. The summed E-state index contributed by atoms with van der Waals surface area (Å²) in [4.78, 5) is 6.63. The van der Waals surface area contributed by atoms with Crippen molar-refractivity contribution >= 4 is 0 Å². The van der Waals surface area contributed by atoms with Gasteiger partial charge in [-0.05, 0) is 49.9 Å². The highest BCUT2D eigenvalue weighted by Gasteiger charge is 2.28. The summed E-state index contributed by atoms with van der Waals surface area (Å²) >= 11 is 0. The van der Waals surface area contributed by atoms with Crippen molar-refractivity contribution in [3.8, 4) is 0 Å². The van der Waals surface area contributed by atoms with E-state index in [4.69, 9.17) is 5.73 Å². The second-order valence-corrected chi connectivity index (χ2v) is 5.25. The molecule has 2 rings (SSSR count). The van der Waals surface area contributed by atoms with E-state index in [0.717, 1.165) is 12.5 Å². The Morgan fingerprint density at radius 2 is 2.12 bits per heavy atom. The molecule has 0 spiro atoms. The van der Waals surface area contributed by atoms with E-state index in [1.54, 1.807) is 0 Å². The molecule has 94 valence electrons. The van der Waals surface area contributed by atoms with Gasteiger partial charge in [0.2, 0.25) is 0 Å². The van der Waals surface area contributed by atoms with Crippen molar-refractivity contribution in [2.45, 2.75) is 38.8 Å². The lowest BCUT2D eigenvalue weighted by molar-refractivity contribution is 0.0847. The highest BCUT2D eigenvalue weighted by atomic mass is 15.2. The van der Waals surface area contributed by atoms with Crippen LogP contribution in [0.2, 0.25) is 0 Å². The molecule has 0 radical (unpaired) electrons. The van der Waals surface area contributed by atoms with Gasteiger partial charge in [0.15, 0.2) is 0 Å². The van der Waals surface area contributed by atoms with Gasteiger partial charge in [0.25, 0.3) is 0 Å². The van der Waals surface area contributed by atoms with Gasteiger partial charge in [0.1, 0.15) is 0 Å². The Kier molecular flexibility index (Phi) is 4.13. The third kappa shape index (κ3) is 2.85. The zero-order valence-electron chi connectivity index (χ0n) is 10.8. The van der Waals surface area contributed by atoms with E-state index in [1.807, 2.05) is 12.4 Å². The third-order valence-electron chi connectivity index (χ3n) is 3.90. The smallest absolute Gasteiger partial charge is 0.0474 e. The Hall–Kier alpha value is -0.930. The van der Waals surface area contributed by atoms with Gasteiger partial charge < -0.3 is 5.73 Å². The van der Waals surface area contributed by atoms with Gasteiger partial charge in [-0.2, -0.15) is 0 Å². The van der Waals surface area contributed by atoms with E-state index in [2.05, 4.69) is 35.9 Å². The van der Waals surface area contributed by atoms with Gasteiger partial charge in [0, 0.05) is 31.0 Å². The molecule has 0 bridgehead atoms. The van der Waals surface area contributed by atoms with Crippen LogP contribution in [0.5, 0.6) is 0 Å². The van der Waals surface area contributed by atoms with Gasteiger partial charge in [-0.3, -0.25) is 9.88 Å². The number of likely N-dealkylation sites (tertiary alicyclic amines) is 1. The standard InChI is InChI=1S/C14H23N3/c1-11-5-8-17(12(2)9-11)14(10-15)13-3-6-16-7-4-13/h3-4,6-7,11-12,14H,5,8-10,15H2,1-2H3. The van der Waals surface area contributed by atoms with Crippen LogP contribution in [0.25, 0.3) is 0 Å². The summed E-state index contributed by atoms with van der Waals surface area (Å²) in [6, 6.07) is 5.14. The molecule has 1 aromatic rings. The molecule has 17 heavy (non-hydrogen) atoms. The third-order valence-corrected chi connectivity index (χ3v) is 3.90. The van der Waals surface area contributed by atoms with Gasteiger partial charge in [-0.15, -0.1) is 0 Å². The lowest BCUT2D eigenvalue weighted by atomic mass is 9.91. The van der Waals surface area contributed by atoms with Gasteiger partial charge in [-0.25, -0.2) is 0 Å². The molecule has 1 fully saturated rings. The second-order valence-electron chi connectivity index (χ2n) is 5.25. The molecule has 1 aliphatic heterocycles. The van der Waals surface area contributed by atoms with Crippen LogP contribution in [0, 0.1) is 5.92 Å². The van der Waals surface area contributed by atoms with Crippen LogP contribution in [0.4, 0.5) is 0 Å². The fourth-order valence-corrected chi connectivity index (χ4v) is 2.94. The predicted molar refractivity (Wildman–Crippen MR) is 70.6 cm³/mol. The first-order chi connectivity index (χ1) is 8.22. The summed E-state index contributed by atoms with van der Waals surface area (Å²) in [7, 11) is 0. The fourth-order valence-electron chi connectivity index (χ4n) is 2.94. The van der Waals surface area contributed by atoms with E-state index in [-0.39, 0.29) is 0 Å². The minimum atomic E-state index is 0.348. The summed E-state index contributed by atoms with van der Waals surface area (Å²) in [6.45, 7) is 6.51. The molecular formula is C14H23N3. The van der Waals surface area contributed by atoms with Crippen molar-refractivity contribution in [3.63, 3.8) is 0 Å². The lowest BCUT2D eigenvalue weighted by Crippen LogP contribution is -2.44. The Labute approximate surface area is 104 Å². The average molecular weight is 233 g/mol. The molecule has 3 atom stereocenters. The SMILES string of the molecule is CC1CCN(C(CN)c2ccncc2)C(C)C1. The Balaban J connectivity index is 2.13. The summed E-state index contributed by atoms with van der Waals surface area (Å²) < 4.78 is 0. The summed E-state index contributed by atoms with van der Waals surface area (Å²) in [5, 5.41) is 0. The highest BCUT2D eigenvalue weighted by molar-refractivity contribution is 5.16. The van der Waals surface area contributed by atoms with Crippen LogP contribution in [-0.4, -0.2) is 29.0 Å². The fraction of sp³-hybridized carbons (Fsp3) is 0.643. The van der Waals surface area contributed by atoms with Crippen LogP contribution < -0.4 is 5.73 Å². The Morgan fingerprint density at radius 1 is 1.41 bits per heavy atom. The van der Waals surface area contributed by atoms with Crippen molar-refractivity contribution in [1.82, 2.24) is 9.88 Å². The molecule has 1 aliphatic rings. The Morgan fingerprint density at radius 3 is 2.71 bits per heavy atom. The zero-order valence-corrected chi connectivity index (χ0v) is 10.8. The van der Waals surface area contributed by atoms with Crippen LogP contribution in [0.1, 0.15) is 38.3 Å². The number of hydrogen-bond acceptors (Lipinski definition) is 3. The number of nitrogens with zero attached hydrogens (tertiary/aromatic N) is 2. The summed E-state index contributed by atoms with van der Waals surface area (Å²) in [6.07, 6.45) is 6.28. The second kappa shape index (κ2) is 5.61. The van der Waals surface area contributed by atoms with Crippen LogP contribution in [-0.2, 0) is 0 Å². The zero-order chi connectivity index (χ0) is 12.3. The molecule has 0 aromatic carbocycles. The maximum absolute atomic E-state index is 5.97. The van der Waals surface area contributed by atoms with Crippen molar-refractivity contribution in [2.75, 3.05) is 13.1 Å². The van der Waals surface area contributed by atoms with E-state index in [1.165, 1.54) is 18.4 Å². The quantitative estimate of drug-likeness (QED) is 0.870. The minimum absolute atomic E-state index is 0.348. The molecule has 0 amide bonds. The number of piperidine rings is 1. The van der Waals surface area contributed by atoms with Gasteiger partial charge in [0.05, 0.1) is 0 Å². The first-order valence-electron chi connectivity index (χ1n) is 6.58. The maximum atomic E-state index is 5.97. The van der Waals surface area contributed by atoms with Crippen molar-refractivity contribution in [2.24, 2.45) is 11.7 Å². The number of hydrogen-bond donors (Lipinski definition) is 1. The molecule has 0 aliphatic carbocycles. The van der Waals surface area contributed by atoms with Crippen LogP contribution in [0.3, 0.4) is 0 Å². The number of pyridine rings is 1. The first-order valence-corrected chi connectivity index (χ1v) is 6.58. The molecule has 1 aromatic heterocycles. The Bertz CT molecular complexity index is 339. The van der Waals surface area contributed by atoms with Crippen LogP contribution in [0.15, 0.2) is 24.5 Å². The topological polar surface area (TPSA) is 42.1 Å². The molecule has 2 heterocycles. The number of aromatic nitrogens is 1. The number of rotatable bonds is 3. The molecule has 3 heteroatoms. The molecule has 3 nitrogen and oxygen atoms in total. The van der Waals surface area contributed by atoms with Crippen molar-refractivity contribution in [1.29, 1.82) is 0 Å². The monoisotopic (exact) mass is 233 g/mol. The van der Waals surface area contributed by atoms with E-state index in [9.17, 15) is 0 Å².